The van der Waals surface area contributed by atoms with Crippen molar-refractivity contribution in [3.05, 3.63) is 70.7 Å². The number of halogens is 1. The zero-order valence-corrected chi connectivity index (χ0v) is 12.7. The fourth-order valence-corrected chi connectivity index (χ4v) is 2.58. The van der Waals surface area contributed by atoms with Crippen LogP contribution in [0.3, 0.4) is 0 Å². The fourth-order valence-electron chi connectivity index (χ4n) is 2.38. The Kier molecular flexibility index (Phi) is 6.10. The van der Waals surface area contributed by atoms with Gasteiger partial charge in [-0.1, -0.05) is 61.0 Å². The molecule has 0 aliphatic heterocycles. The molecule has 1 atom stereocenters. The van der Waals surface area contributed by atoms with Crippen molar-refractivity contribution in [3.8, 4) is 0 Å². The Morgan fingerprint density at radius 3 is 2.55 bits per heavy atom. The predicted molar refractivity (Wildman–Crippen MR) is 87.2 cm³/mol. The Morgan fingerprint density at radius 2 is 1.85 bits per heavy atom. The number of rotatable bonds is 7. The minimum absolute atomic E-state index is 0.369. The molecule has 2 aromatic rings. The number of hydrogen-bond donors (Lipinski definition) is 1. The Bertz CT molecular complexity index is 510. The van der Waals surface area contributed by atoms with Crippen molar-refractivity contribution in [3.63, 3.8) is 0 Å². The molecule has 2 aromatic carbocycles. The lowest BCUT2D eigenvalue weighted by atomic mass is 9.99. The fraction of sp³-hybridized carbons (Fsp3) is 0.333. The molecule has 0 aromatic heterocycles. The maximum Gasteiger partial charge on any atom is 0.0409 e. The van der Waals surface area contributed by atoms with Crippen LogP contribution in [-0.4, -0.2) is 6.54 Å². The molecule has 0 aliphatic rings. The van der Waals surface area contributed by atoms with Crippen LogP contribution in [0, 0.1) is 0 Å². The van der Waals surface area contributed by atoms with Gasteiger partial charge in [0.25, 0.3) is 0 Å². The van der Waals surface area contributed by atoms with E-state index in [2.05, 4.69) is 54.7 Å². The molecule has 1 unspecified atom stereocenters. The summed E-state index contributed by atoms with van der Waals surface area (Å²) in [6.07, 6.45) is 3.31. The van der Waals surface area contributed by atoms with E-state index in [4.69, 9.17) is 11.6 Å². The second kappa shape index (κ2) is 8.08. The van der Waals surface area contributed by atoms with Crippen molar-refractivity contribution in [2.75, 3.05) is 6.54 Å². The maximum atomic E-state index is 6.11. The molecule has 0 saturated heterocycles. The molecule has 0 heterocycles. The van der Waals surface area contributed by atoms with Gasteiger partial charge < -0.3 is 5.32 Å². The maximum absolute atomic E-state index is 6.11. The van der Waals surface area contributed by atoms with E-state index in [9.17, 15) is 0 Å². The summed E-state index contributed by atoms with van der Waals surface area (Å²) in [4.78, 5) is 0. The summed E-state index contributed by atoms with van der Waals surface area (Å²) in [6, 6.07) is 19.2. The summed E-state index contributed by atoms with van der Waals surface area (Å²) in [5, 5.41) is 4.44. The van der Waals surface area contributed by atoms with E-state index in [0.29, 0.717) is 6.04 Å². The molecule has 1 N–H and O–H groups in total. The van der Waals surface area contributed by atoms with Crippen molar-refractivity contribution in [2.45, 2.75) is 32.2 Å². The van der Waals surface area contributed by atoms with Gasteiger partial charge >= 0.3 is 0 Å². The zero-order valence-electron chi connectivity index (χ0n) is 12.0. The highest BCUT2D eigenvalue weighted by molar-refractivity contribution is 6.30. The Hall–Kier alpha value is -1.31. The van der Waals surface area contributed by atoms with Gasteiger partial charge in [-0.15, -0.1) is 0 Å². The van der Waals surface area contributed by atoms with Gasteiger partial charge in [-0.2, -0.15) is 0 Å². The van der Waals surface area contributed by atoms with Crippen LogP contribution in [-0.2, 0) is 6.42 Å². The molecule has 20 heavy (non-hydrogen) atoms. The van der Waals surface area contributed by atoms with Crippen molar-refractivity contribution >= 4 is 11.6 Å². The molecule has 0 spiro atoms. The van der Waals surface area contributed by atoms with Crippen molar-refractivity contribution in [1.29, 1.82) is 0 Å². The lowest BCUT2D eigenvalue weighted by Crippen LogP contribution is -2.22. The topological polar surface area (TPSA) is 12.0 Å². The average Bonchev–Trinajstić information content (AvgIpc) is 2.48. The molecule has 0 fully saturated rings. The van der Waals surface area contributed by atoms with Crippen LogP contribution >= 0.6 is 11.6 Å². The van der Waals surface area contributed by atoms with E-state index in [-0.39, 0.29) is 0 Å². The van der Waals surface area contributed by atoms with E-state index in [0.717, 1.165) is 30.8 Å². The summed E-state index contributed by atoms with van der Waals surface area (Å²) in [5.41, 5.74) is 2.67. The van der Waals surface area contributed by atoms with Gasteiger partial charge in [-0.05, 0) is 49.1 Å². The molecular weight excluding hydrogens is 266 g/mol. The van der Waals surface area contributed by atoms with Gasteiger partial charge in [0.15, 0.2) is 0 Å². The van der Waals surface area contributed by atoms with E-state index < -0.39 is 0 Å². The molecule has 2 rings (SSSR count). The lowest BCUT2D eigenvalue weighted by Gasteiger charge is -2.19. The zero-order chi connectivity index (χ0) is 14.2. The van der Waals surface area contributed by atoms with Crippen LogP contribution in [0.25, 0.3) is 0 Å². The van der Waals surface area contributed by atoms with Crippen molar-refractivity contribution in [1.82, 2.24) is 5.32 Å². The molecule has 1 nitrogen and oxygen atoms in total. The monoisotopic (exact) mass is 287 g/mol. The molecule has 0 aliphatic carbocycles. The number of hydrogen-bond acceptors (Lipinski definition) is 1. The molecular formula is C18H22ClN. The number of aryl methyl sites for hydroxylation is 1. The first-order valence-electron chi connectivity index (χ1n) is 7.32. The molecule has 0 radical (unpaired) electrons. The van der Waals surface area contributed by atoms with Gasteiger partial charge in [-0.3, -0.25) is 0 Å². The standard InChI is InChI=1S/C18H22ClN/c1-2-13-20-18(16-9-6-10-17(19)14-16)12-11-15-7-4-3-5-8-15/h3-10,14,18,20H,2,11-13H2,1H3. The van der Waals surface area contributed by atoms with E-state index in [1.807, 2.05) is 12.1 Å². The highest BCUT2D eigenvalue weighted by Gasteiger charge is 2.11. The Morgan fingerprint density at radius 1 is 1.05 bits per heavy atom. The summed E-state index contributed by atoms with van der Waals surface area (Å²) in [6.45, 7) is 3.23. The third-order valence-electron chi connectivity index (χ3n) is 3.46. The molecule has 0 saturated carbocycles. The van der Waals surface area contributed by atoms with E-state index >= 15 is 0 Å². The van der Waals surface area contributed by atoms with Crippen molar-refractivity contribution in [2.24, 2.45) is 0 Å². The molecule has 0 bridgehead atoms. The van der Waals surface area contributed by atoms with Crippen LogP contribution in [0.15, 0.2) is 54.6 Å². The van der Waals surface area contributed by atoms with Gasteiger partial charge in [0, 0.05) is 11.1 Å². The van der Waals surface area contributed by atoms with Crippen molar-refractivity contribution < 1.29 is 0 Å². The van der Waals surface area contributed by atoms with Gasteiger partial charge in [-0.25, -0.2) is 0 Å². The summed E-state index contributed by atoms with van der Waals surface area (Å²) in [5.74, 6) is 0. The largest absolute Gasteiger partial charge is 0.310 e. The third kappa shape index (κ3) is 4.66. The Labute approximate surface area is 127 Å². The summed E-state index contributed by atoms with van der Waals surface area (Å²) < 4.78 is 0. The average molecular weight is 288 g/mol. The second-order valence-corrected chi connectivity index (χ2v) is 5.52. The highest BCUT2D eigenvalue weighted by atomic mass is 35.5. The molecule has 0 amide bonds. The highest BCUT2D eigenvalue weighted by Crippen LogP contribution is 2.22. The van der Waals surface area contributed by atoms with Crippen LogP contribution in [0.4, 0.5) is 0 Å². The van der Waals surface area contributed by atoms with Crippen LogP contribution in [0.5, 0.6) is 0 Å². The third-order valence-corrected chi connectivity index (χ3v) is 3.69. The first-order valence-corrected chi connectivity index (χ1v) is 7.70. The van der Waals surface area contributed by atoms with Crippen LogP contribution in [0.1, 0.15) is 36.9 Å². The lowest BCUT2D eigenvalue weighted by molar-refractivity contribution is 0.499. The van der Waals surface area contributed by atoms with Gasteiger partial charge in [0.05, 0.1) is 0 Å². The summed E-state index contributed by atoms with van der Waals surface area (Å²) in [7, 11) is 0. The number of benzene rings is 2. The van der Waals surface area contributed by atoms with Crippen LogP contribution in [0.2, 0.25) is 5.02 Å². The van der Waals surface area contributed by atoms with Gasteiger partial charge in [0.1, 0.15) is 0 Å². The smallest absolute Gasteiger partial charge is 0.0409 e. The predicted octanol–water partition coefficient (Wildman–Crippen LogP) is 5.01. The SMILES string of the molecule is CCCNC(CCc1ccccc1)c1cccc(Cl)c1. The summed E-state index contributed by atoms with van der Waals surface area (Å²) >= 11 is 6.11. The second-order valence-electron chi connectivity index (χ2n) is 5.09. The van der Waals surface area contributed by atoms with E-state index in [1.54, 1.807) is 0 Å². The Balaban J connectivity index is 2.03. The van der Waals surface area contributed by atoms with E-state index in [1.165, 1.54) is 11.1 Å². The normalized spacial score (nSPS) is 12.3. The number of nitrogens with one attached hydrogen (secondary N) is 1. The first kappa shape index (κ1) is 15.1. The quantitative estimate of drug-likeness (QED) is 0.754. The minimum Gasteiger partial charge on any atom is -0.310 e. The molecule has 2 heteroatoms. The molecule has 106 valence electrons. The van der Waals surface area contributed by atoms with Crippen LogP contribution < -0.4 is 5.32 Å². The first-order chi connectivity index (χ1) is 9.79. The van der Waals surface area contributed by atoms with Gasteiger partial charge in [0.2, 0.25) is 0 Å². The minimum atomic E-state index is 0.369.